The van der Waals surface area contributed by atoms with Gasteiger partial charge in [0.25, 0.3) is 0 Å². The van der Waals surface area contributed by atoms with Gasteiger partial charge in [-0.05, 0) is 12.1 Å². The zero-order chi connectivity index (χ0) is 9.68. The number of benzene rings is 1. The fourth-order valence-corrected chi connectivity index (χ4v) is 1.09. The molecule has 0 radical (unpaired) electrons. The van der Waals surface area contributed by atoms with E-state index in [1.807, 2.05) is 37.4 Å². The van der Waals surface area contributed by atoms with Crippen LogP contribution in [-0.4, -0.2) is 14.1 Å². The molecule has 0 amide bonds. The minimum Gasteiger partial charge on any atom is -0.388 e. The number of anilines is 1. The van der Waals surface area contributed by atoms with Crippen LogP contribution in [-0.2, 0) is 0 Å². The quantitative estimate of drug-likeness (QED) is 0.650. The van der Waals surface area contributed by atoms with Crippen LogP contribution in [0.1, 0.15) is 5.56 Å². The normalized spacial score (nSPS) is 11.1. The molecular weight excluding hydrogens is 162 g/mol. The van der Waals surface area contributed by atoms with E-state index >= 15 is 0 Å². The molecule has 0 aromatic heterocycles. The second kappa shape index (κ2) is 4.40. The first-order valence-corrected chi connectivity index (χ1v) is 4.19. The zero-order valence-electron chi connectivity index (χ0n) is 7.96. The van der Waals surface area contributed by atoms with E-state index in [1.54, 1.807) is 7.05 Å². The topological polar surface area (TPSA) is 50.1 Å². The largest absolute Gasteiger partial charge is 0.388 e. The SMILES string of the molecule is CN/C(N)=C/c1ccccc1NC. The molecule has 0 aliphatic heterocycles. The second-order valence-corrected chi connectivity index (χ2v) is 2.69. The van der Waals surface area contributed by atoms with Gasteiger partial charge in [-0.25, -0.2) is 0 Å². The Morgan fingerprint density at radius 3 is 2.62 bits per heavy atom. The molecule has 0 fully saturated rings. The van der Waals surface area contributed by atoms with E-state index in [0.29, 0.717) is 5.82 Å². The van der Waals surface area contributed by atoms with Gasteiger partial charge < -0.3 is 16.4 Å². The number of nitrogens with one attached hydrogen (secondary N) is 2. The summed E-state index contributed by atoms with van der Waals surface area (Å²) >= 11 is 0. The maximum atomic E-state index is 5.65. The van der Waals surface area contributed by atoms with Crippen LogP contribution in [0.4, 0.5) is 5.69 Å². The third-order valence-corrected chi connectivity index (χ3v) is 1.83. The van der Waals surface area contributed by atoms with Gasteiger partial charge in [-0.15, -0.1) is 0 Å². The van der Waals surface area contributed by atoms with E-state index in [4.69, 9.17) is 5.73 Å². The summed E-state index contributed by atoms with van der Waals surface area (Å²) in [7, 11) is 3.69. The molecule has 70 valence electrons. The van der Waals surface area contributed by atoms with Gasteiger partial charge in [0.05, 0.1) is 5.82 Å². The Labute approximate surface area is 78.6 Å². The number of hydrogen-bond acceptors (Lipinski definition) is 3. The predicted octanol–water partition coefficient (Wildman–Crippen LogP) is 1.20. The summed E-state index contributed by atoms with van der Waals surface area (Å²) in [6.07, 6.45) is 1.89. The highest BCUT2D eigenvalue weighted by Gasteiger charge is 1.95. The smallest absolute Gasteiger partial charge is 0.0964 e. The molecule has 3 nitrogen and oxygen atoms in total. The summed E-state index contributed by atoms with van der Waals surface area (Å²) in [5.41, 5.74) is 7.80. The van der Waals surface area contributed by atoms with Crippen LogP contribution >= 0.6 is 0 Å². The van der Waals surface area contributed by atoms with E-state index < -0.39 is 0 Å². The maximum absolute atomic E-state index is 5.65. The molecule has 0 saturated carbocycles. The van der Waals surface area contributed by atoms with Gasteiger partial charge in [0.15, 0.2) is 0 Å². The molecule has 1 rings (SSSR count). The van der Waals surface area contributed by atoms with Gasteiger partial charge in [0.1, 0.15) is 0 Å². The highest BCUT2D eigenvalue weighted by Crippen LogP contribution is 2.15. The Kier molecular flexibility index (Phi) is 3.20. The average Bonchev–Trinajstić information content (AvgIpc) is 2.18. The molecule has 0 aliphatic rings. The lowest BCUT2D eigenvalue weighted by molar-refractivity contribution is 0.977. The Morgan fingerprint density at radius 2 is 2.00 bits per heavy atom. The van der Waals surface area contributed by atoms with E-state index in [2.05, 4.69) is 10.6 Å². The Bertz CT molecular complexity index is 305. The third kappa shape index (κ3) is 2.40. The molecule has 13 heavy (non-hydrogen) atoms. The summed E-state index contributed by atoms with van der Waals surface area (Å²) in [6.45, 7) is 0. The molecule has 3 heteroatoms. The highest BCUT2D eigenvalue weighted by atomic mass is 14.9. The van der Waals surface area contributed by atoms with Crippen LogP contribution in [0.15, 0.2) is 30.1 Å². The van der Waals surface area contributed by atoms with Crippen molar-refractivity contribution in [1.29, 1.82) is 0 Å². The van der Waals surface area contributed by atoms with Gasteiger partial charge in [-0.1, -0.05) is 18.2 Å². The first-order chi connectivity index (χ1) is 6.27. The molecule has 0 atom stereocenters. The second-order valence-electron chi connectivity index (χ2n) is 2.69. The van der Waals surface area contributed by atoms with Crippen molar-refractivity contribution >= 4 is 11.8 Å². The Morgan fingerprint density at radius 1 is 1.31 bits per heavy atom. The van der Waals surface area contributed by atoms with Crippen molar-refractivity contribution in [2.45, 2.75) is 0 Å². The fourth-order valence-electron chi connectivity index (χ4n) is 1.09. The average molecular weight is 177 g/mol. The molecule has 4 N–H and O–H groups in total. The first kappa shape index (κ1) is 9.45. The van der Waals surface area contributed by atoms with Gasteiger partial charge in [-0.2, -0.15) is 0 Å². The lowest BCUT2D eigenvalue weighted by atomic mass is 10.1. The number of hydrogen-bond donors (Lipinski definition) is 3. The van der Waals surface area contributed by atoms with Crippen LogP contribution in [0.25, 0.3) is 6.08 Å². The standard InChI is InChI=1S/C10H15N3/c1-12-9-6-4-3-5-8(9)7-10(11)13-2/h3-7,12-13H,11H2,1-2H3/b10-7+. The number of nitrogens with two attached hydrogens (primary N) is 1. The molecule has 0 unspecified atom stereocenters. The highest BCUT2D eigenvalue weighted by molar-refractivity contribution is 5.67. The molecule has 0 spiro atoms. The number of para-hydroxylation sites is 1. The van der Waals surface area contributed by atoms with E-state index in [0.717, 1.165) is 11.3 Å². The molecule has 0 saturated heterocycles. The van der Waals surface area contributed by atoms with Gasteiger partial charge in [-0.3, -0.25) is 0 Å². The Hall–Kier alpha value is -1.64. The van der Waals surface area contributed by atoms with Crippen molar-refractivity contribution in [2.24, 2.45) is 5.73 Å². The fraction of sp³-hybridized carbons (Fsp3) is 0.200. The van der Waals surface area contributed by atoms with Crippen LogP contribution in [0, 0.1) is 0 Å². The third-order valence-electron chi connectivity index (χ3n) is 1.83. The van der Waals surface area contributed by atoms with E-state index in [-0.39, 0.29) is 0 Å². The summed E-state index contributed by atoms with van der Waals surface area (Å²) < 4.78 is 0. The van der Waals surface area contributed by atoms with Gasteiger partial charge >= 0.3 is 0 Å². The van der Waals surface area contributed by atoms with Crippen molar-refractivity contribution < 1.29 is 0 Å². The number of rotatable bonds is 3. The molecular formula is C10H15N3. The van der Waals surface area contributed by atoms with Crippen LogP contribution < -0.4 is 16.4 Å². The van der Waals surface area contributed by atoms with Crippen molar-refractivity contribution in [3.8, 4) is 0 Å². The van der Waals surface area contributed by atoms with E-state index in [9.17, 15) is 0 Å². The minimum absolute atomic E-state index is 0.655. The van der Waals surface area contributed by atoms with Crippen molar-refractivity contribution in [3.05, 3.63) is 35.6 Å². The van der Waals surface area contributed by atoms with Gasteiger partial charge in [0.2, 0.25) is 0 Å². The van der Waals surface area contributed by atoms with Crippen LogP contribution in [0.5, 0.6) is 0 Å². The zero-order valence-corrected chi connectivity index (χ0v) is 7.96. The van der Waals surface area contributed by atoms with Crippen LogP contribution in [0.3, 0.4) is 0 Å². The molecule has 0 bridgehead atoms. The first-order valence-electron chi connectivity index (χ1n) is 4.19. The van der Waals surface area contributed by atoms with Crippen molar-refractivity contribution in [3.63, 3.8) is 0 Å². The lowest BCUT2D eigenvalue weighted by Crippen LogP contribution is -2.14. The summed E-state index contributed by atoms with van der Waals surface area (Å²) in [6, 6.07) is 7.99. The van der Waals surface area contributed by atoms with Gasteiger partial charge in [0, 0.05) is 25.3 Å². The molecule has 1 aromatic rings. The van der Waals surface area contributed by atoms with E-state index in [1.165, 1.54) is 0 Å². The predicted molar refractivity (Wildman–Crippen MR) is 57.2 cm³/mol. The Balaban J connectivity index is 2.99. The maximum Gasteiger partial charge on any atom is 0.0964 e. The summed E-state index contributed by atoms with van der Waals surface area (Å²) in [5.74, 6) is 0.655. The van der Waals surface area contributed by atoms with Crippen molar-refractivity contribution in [1.82, 2.24) is 5.32 Å². The molecule has 1 aromatic carbocycles. The minimum atomic E-state index is 0.655. The molecule has 0 heterocycles. The summed E-state index contributed by atoms with van der Waals surface area (Å²) in [5, 5.41) is 5.97. The van der Waals surface area contributed by atoms with Crippen molar-refractivity contribution in [2.75, 3.05) is 19.4 Å². The lowest BCUT2D eigenvalue weighted by Gasteiger charge is -2.05. The molecule has 0 aliphatic carbocycles. The summed E-state index contributed by atoms with van der Waals surface area (Å²) in [4.78, 5) is 0. The van der Waals surface area contributed by atoms with Crippen LogP contribution in [0.2, 0.25) is 0 Å². The monoisotopic (exact) mass is 177 g/mol.